The molecule has 1 aliphatic carbocycles. The molecule has 2 amide bonds. The van der Waals surface area contributed by atoms with Gasteiger partial charge in [-0.25, -0.2) is 0 Å². The topological polar surface area (TPSA) is 61.9 Å². The van der Waals surface area contributed by atoms with E-state index in [2.05, 4.69) is 26.1 Å². The first kappa shape index (κ1) is 19.9. The van der Waals surface area contributed by atoms with Crippen LogP contribution in [-0.2, 0) is 9.59 Å². The third-order valence-electron chi connectivity index (χ3n) is 5.17. The first-order valence-electron chi connectivity index (χ1n) is 9.91. The minimum Gasteiger partial charge on any atom is -0.457 e. The summed E-state index contributed by atoms with van der Waals surface area (Å²) in [5, 5.41) is 2.93. The van der Waals surface area contributed by atoms with E-state index in [4.69, 9.17) is 4.74 Å². The Balaban J connectivity index is 1.22. The summed E-state index contributed by atoms with van der Waals surface area (Å²) in [5.74, 6) is 1.97. The van der Waals surface area contributed by atoms with E-state index in [0.717, 1.165) is 41.8 Å². The number of ether oxygens (including phenoxy) is 1. The van der Waals surface area contributed by atoms with Gasteiger partial charge in [0.25, 0.3) is 0 Å². The fourth-order valence-electron chi connectivity index (χ4n) is 3.36. The van der Waals surface area contributed by atoms with Gasteiger partial charge in [0.15, 0.2) is 0 Å². The minimum atomic E-state index is -0.0476. The summed E-state index contributed by atoms with van der Waals surface area (Å²) < 4.78 is 6.79. The molecule has 0 spiro atoms. The van der Waals surface area contributed by atoms with Crippen molar-refractivity contribution < 1.29 is 14.3 Å². The SMILES string of the molecule is O=C(CN1CCN(C(=O)C2CC2)CC1)Nc1ccc(Oc2ccc(Br)cc2)cc1. The molecule has 6 nitrogen and oxygen atoms in total. The molecule has 2 fully saturated rings. The fourth-order valence-corrected chi connectivity index (χ4v) is 3.63. The Kier molecular flexibility index (Phi) is 6.16. The van der Waals surface area contributed by atoms with Crippen molar-refractivity contribution in [2.45, 2.75) is 12.8 Å². The van der Waals surface area contributed by atoms with Crippen molar-refractivity contribution in [1.82, 2.24) is 9.80 Å². The van der Waals surface area contributed by atoms with Crippen LogP contribution in [0.25, 0.3) is 0 Å². The van der Waals surface area contributed by atoms with Crippen molar-refractivity contribution in [1.29, 1.82) is 0 Å². The van der Waals surface area contributed by atoms with Gasteiger partial charge in [-0.3, -0.25) is 14.5 Å². The molecule has 4 rings (SSSR count). The molecule has 152 valence electrons. The zero-order chi connectivity index (χ0) is 20.2. The molecular weight excluding hydrogens is 434 g/mol. The molecule has 1 heterocycles. The number of carbonyl (C=O) groups is 2. The third kappa shape index (κ3) is 5.58. The van der Waals surface area contributed by atoms with E-state index in [1.807, 2.05) is 53.4 Å². The molecule has 2 aromatic rings. The third-order valence-corrected chi connectivity index (χ3v) is 5.69. The van der Waals surface area contributed by atoms with Gasteiger partial charge in [0, 0.05) is 42.3 Å². The molecular formula is C22H24BrN3O3. The Bertz CT molecular complexity index is 858. The number of halogens is 1. The molecule has 7 heteroatoms. The van der Waals surface area contributed by atoms with Crippen LogP contribution in [0.5, 0.6) is 11.5 Å². The molecule has 1 saturated heterocycles. The molecule has 2 aromatic carbocycles. The molecule has 0 unspecified atom stereocenters. The maximum Gasteiger partial charge on any atom is 0.238 e. The van der Waals surface area contributed by atoms with Crippen molar-refractivity contribution in [3.05, 3.63) is 53.0 Å². The van der Waals surface area contributed by atoms with Crippen molar-refractivity contribution in [2.24, 2.45) is 5.92 Å². The van der Waals surface area contributed by atoms with Crippen molar-refractivity contribution >= 4 is 33.4 Å². The van der Waals surface area contributed by atoms with E-state index in [1.165, 1.54) is 0 Å². The van der Waals surface area contributed by atoms with E-state index in [0.29, 0.717) is 31.3 Å². The molecule has 1 N–H and O–H groups in total. The zero-order valence-electron chi connectivity index (χ0n) is 16.1. The highest BCUT2D eigenvalue weighted by Crippen LogP contribution is 2.31. The second-order valence-corrected chi connectivity index (χ2v) is 8.42. The van der Waals surface area contributed by atoms with Gasteiger partial charge >= 0.3 is 0 Å². The van der Waals surface area contributed by atoms with Crippen molar-refractivity contribution in [3.63, 3.8) is 0 Å². The lowest BCUT2D eigenvalue weighted by atomic mass is 10.2. The highest BCUT2D eigenvalue weighted by Gasteiger charge is 2.34. The van der Waals surface area contributed by atoms with E-state index in [-0.39, 0.29) is 11.8 Å². The maximum absolute atomic E-state index is 12.4. The summed E-state index contributed by atoms with van der Waals surface area (Å²) in [6, 6.07) is 14.9. The van der Waals surface area contributed by atoms with E-state index in [9.17, 15) is 9.59 Å². The van der Waals surface area contributed by atoms with Crippen LogP contribution >= 0.6 is 15.9 Å². The summed E-state index contributed by atoms with van der Waals surface area (Å²) >= 11 is 3.40. The number of amides is 2. The second-order valence-electron chi connectivity index (χ2n) is 7.50. The molecule has 0 bridgehead atoms. The minimum absolute atomic E-state index is 0.0476. The van der Waals surface area contributed by atoms with E-state index >= 15 is 0 Å². The lowest BCUT2D eigenvalue weighted by molar-refractivity contribution is -0.134. The zero-order valence-corrected chi connectivity index (χ0v) is 17.7. The van der Waals surface area contributed by atoms with Gasteiger partial charge in [0.1, 0.15) is 11.5 Å². The molecule has 0 atom stereocenters. The van der Waals surface area contributed by atoms with Crippen LogP contribution in [-0.4, -0.2) is 54.3 Å². The highest BCUT2D eigenvalue weighted by atomic mass is 79.9. The molecule has 0 aromatic heterocycles. The van der Waals surface area contributed by atoms with Gasteiger partial charge in [-0.15, -0.1) is 0 Å². The number of benzene rings is 2. The smallest absolute Gasteiger partial charge is 0.238 e. The summed E-state index contributed by atoms with van der Waals surface area (Å²) in [6.45, 7) is 3.25. The Morgan fingerprint density at radius 2 is 1.52 bits per heavy atom. The molecule has 1 aliphatic heterocycles. The number of anilines is 1. The van der Waals surface area contributed by atoms with Gasteiger partial charge in [-0.1, -0.05) is 15.9 Å². The molecule has 1 saturated carbocycles. The van der Waals surface area contributed by atoms with Crippen LogP contribution in [0.2, 0.25) is 0 Å². The van der Waals surface area contributed by atoms with Gasteiger partial charge in [0.2, 0.25) is 11.8 Å². The molecule has 29 heavy (non-hydrogen) atoms. The predicted octanol–water partition coefficient (Wildman–Crippen LogP) is 3.73. The van der Waals surface area contributed by atoms with Crippen LogP contribution in [0, 0.1) is 5.92 Å². The van der Waals surface area contributed by atoms with E-state index in [1.54, 1.807) is 0 Å². The first-order valence-corrected chi connectivity index (χ1v) is 10.7. The number of nitrogens with one attached hydrogen (secondary N) is 1. The normalized spacial score (nSPS) is 17.1. The Morgan fingerprint density at radius 3 is 2.10 bits per heavy atom. The lowest BCUT2D eigenvalue weighted by Gasteiger charge is -2.34. The number of piperazine rings is 1. The Hall–Kier alpha value is -2.38. The summed E-state index contributed by atoms with van der Waals surface area (Å²) in [4.78, 5) is 28.5. The first-order chi connectivity index (χ1) is 14.1. The summed E-state index contributed by atoms with van der Waals surface area (Å²) in [6.07, 6.45) is 2.07. The Morgan fingerprint density at radius 1 is 0.931 bits per heavy atom. The van der Waals surface area contributed by atoms with Crippen LogP contribution in [0.4, 0.5) is 5.69 Å². The second kappa shape index (κ2) is 8.97. The van der Waals surface area contributed by atoms with Crippen LogP contribution in [0.15, 0.2) is 53.0 Å². The van der Waals surface area contributed by atoms with Crippen molar-refractivity contribution in [2.75, 3.05) is 38.0 Å². The average Bonchev–Trinajstić information content (AvgIpc) is 3.57. The highest BCUT2D eigenvalue weighted by molar-refractivity contribution is 9.10. The number of hydrogen-bond donors (Lipinski definition) is 1. The van der Waals surface area contributed by atoms with Gasteiger partial charge in [-0.2, -0.15) is 0 Å². The van der Waals surface area contributed by atoms with Gasteiger partial charge in [-0.05, 0) is 61.4 Å². The number of hydrogen-bond acceptors (Lipinski definition) is 4. The summed E-state index contributed by atoms with van der Waals surface area (Å²) in [5.41, 5.74) is 0.737. The fraction of sp³-hybridized carbons (Fsp3) is 0.364. The molecule has 0 radical (unpaired) electrons. The van der Waals surface area contributed by atoms with Gasteiger partial charge < -0.3 is 15.0 Å². The monoisotopic (exact) mass is 457 g/mol. The number of nitrogens with zero attached hydrogens (tertiary/aromatic N) is 2. The Labute approximate surface area is 178 Å². The number of carbonyl (C=O) groups excluding carboxylic acids is 2. The van der Waals surface area contributed by atoms with Crippen LogP contribution in [0.3, 0.4) is 0 Å². The maximum atomic E-state index is 12.4. The van der Waals surface area contributed by atoms with E-state index < -0.39 is 0 Å². The average molecular weight is 458 g/mol. The standard InChI is InChI=1S/C22H24BrN3O3/c23-17-3-7-19(8-4-17)29-20-9-5-18(6-10-20)24-21(27)15-25-11-13-26(14-12-25)22(28)16-1-2-16/h3-10,16H,1-2,11-15H2,(H,24,27). The number of rotatable bonds is 6. The van der Waals surface area contributed by atoms with Crippen LogP contribution in [0.1, 0.15) is 12.8 Å². The van der Waals surface area contributed by atoms with Crippen molar-refractivity contribution in [3.8, 4) is 11.5 Å². The predicted molar refractivity (Wildman–Crippen MR) is 115 cm³/mol. The van der Waals surface area contributed by atoms with Gasteiger partial charge in [0.05, 0.1) is 6.54 Å². The largest absolute Gasteiger partial charge is 0.457 e. The lowest BCUT2D eigenvalue weighted by Crippen LogP contribution is -2.50. The van der Waals surface area contributed by atoms with Crippen LogP contribution < -0.4 is 10.1 Å². The quantitative estimate of drug-likeness (QED) is 0.717. The molecule has 2 aliphatic rings. The summed E-state index contributed by atoms with van der Waals surface area (Å²) in [7, 11) is 0.